The Labute approximate surface area is 135 Å². The fourth-order valence-electron chi connectivity index (χ4n) is 1.82. The van der Waals surface area contributed by atoms with Gasteiger partial charge in [0.05, 0.1) is 20.5 Å². The molecule has 108 valence electrons. The lowest BCUT2D eigenvalue weighted by atomic mass is 10.0. The molecule has 0 saturated heterocycles. The van der Waals surface area contributed by atoms with Gasteiger partial charge in [0.15, 0.2) is 5.78 Å². The summed E-state index contributed by atoms with van der Waals surface area (Å²) in [6, 6.07) is 8.72. The van der Waals surface area contributed by atoms with Gasteiger partial charge in [-0.1, -0.05) is 40.9 Å². The maximum atomic E-state index is 12.2. The Bertz CT molecular complexity index is 731. The largest absolute Gasteiger partial charge is 0.294 e. The number of benzene rings is 2. The maximum absolute atomic E-state index is 12.2. The predicted octanol–water partition coefficient (Wildman–Crippen LogP) is 4.98. The first-order chi connectivity index (χ1) is 9.88. The molecule has 0 N–H and O–H groups in total. The van der Waals surface area contributed by atoms with Crippen LogP contribution in [0.4, 0.5) is 5.69 Å². The second kappa shape index (κ2) is 6.43. The lowest BCUT2D eigenvalue weighted by Crippen LogP contribution is -2.07. The van der Waals surface area contributed by atoms with Gasteiger partial charge < -0.3 is 0 Å². The van der Waals surface area contributed by atoms with Gasteiger partial charge in [-0.2, -0.15) is 0 Å². The molecule has 0 aromatic heterocycles. The SMILES string of the molecule is O=C(Cc1ccc(Cl)c(Cl)c1)c1ccc(Cl)cc1[N+](=O)[O-]. The van der Waals surface area contributed by atoms with E-state index in [1.165, 1.54) is 12.1 Å². The van der Waals surface area contributed by atoms with Gasteiger partial charge in [0, 0.05) is 17.5 Å². The van der Waals surface area contributed by atoms with Gasteiger partial charge >= 0.3 is 0 Å². The summed E-state index contributed by atoms with van der Waals surface area (Å²) in [5, 5.41) is 11.9. The van der Waals surface area contributed by atoms with E-state index in [1.807, 2.05) is 0 Å². The summed E-state index contributed by atoms with van der Waals surface area (Å²) in [7, 11) is 0. The highest BCUT2D eigenvalue weighted by Crippen LogP contribution is 2.26. The van der Waals surface area contributed by atoms with Crippen molar-refractivity contribution in [2.75, 3.05) is 0 Å². The molecular weight excluding hydrogens is 337 g/mol. The van der Waals surface area contributed by atoms with Crippen molar-refractivity contribution < 1.29 is 9.72 Å². The van der Waals surface area contributed by atoms with Crippen LogP contribution >= 0.6 is 34.8 Å². The lowest BCUT2D eigenvalue weighted by Gasteiger charge is -2.04. The van der Waals surface area contributed by atoms with Crippen molar-refractivity contribution in [2.24, 2.45) is 0 Å². The number of nitro groups is 1. The number of halogens is 3. The Morgan fingerprint density at radius 3 is 2.38 bits per heavy atom. The first kappa shape index (κ1) is 15.8. The number of ketones is 1. The van der Waals surface area contributed by atoms with Gasteiger partial charge in [0.25, 0.3) is 5.69 Å². The second-order valence-electron chi connectivity index (χ2n) is 4.27. The van der Waals surface area contributed by atoms with E-state index in [9.17, 15) is 14.9 Å². The second-order valence-corrected chi connectivity index (χ2v) is 5.52. The van der Waals surface area contributed by atoms with Crippen molar-refractivity contribution in [3.63, 3.8) is 0 Å². The molecule has 7 heteroatoms. The van der Waals surface area contributed by atoms with Gasteiger partial charge in [-0.05, 0) is 29.8 Å². The third kappa shape index (κ3) is 3.73. The molecule has 0 saturated carbocycles. The third-order valence-electron chi connectivity index (χ3n) is 2.81. The molecule has 2 aromatic carbocycles. The topological polar surface area (TPSA) is 60.2 Å². The van der Waals surface area contributed by atoms with E-state index in [0.717, 1.165) is 6.07 Å². The Balaban J connectivity index is 2.32. The number of rotatable bonds is 4. The van der Waals surface area contributed by atoms with Crippen LogP contribution in [0.2, 0.25) is 15.1 Å². The predicted molar refractivity (Wildman–Crippen MR) is 82.6 cm³/mol. The summed E-state index contributed by atoms with van der Waals surface area (Å²) in [6.45, 7) is 0. The zero-order chi connectivity index (χ0) is 15.6. The molecule has 0 heterocycles. The number of carbonyl (C=O) groups excluding carboxylic acids is 1. The minimum absolute atomic E-state index is 0.00970. The van der Waals surface area contributed by atoms with Crippen molar-refractivity contribution in [3.05, 3.63) is 72.7 Å². The quantitative estimate of drug-likeness (QED) is 0.446. The summed E-state index contributed by atoms with van der Waals surface area (Å²) in [5.41, 5.74) is 0.321. The lowest BCUT2D eigenvalue weighted by molar-refractivity contribution is -0.385. The fourth-order valence-corrected chi connectivity index (χ4v) is 2.31. The Morgan fingerprint density at radius 1 is 1.05 bits per heavy atom. The zero-order valence-corrected chi connectivity index (χ0v) is 12.7. The summed E-state index contributed by atoms with van der Waals surface area (Å²) >= 11 is 17.4. The first-order valence-electron chi connectivity index (χ1n) is 5.79. The summed E-state index contributed by atoms with van der Waals surface area (Å²) < 4.78 is 0. The molecule has 0 amide bonds. The van der Waals surface area contributed by atoms with Gasteiger partial charge in [-0.3, -0.25) is 14.9 Å². The zero-order valence-electron chi connectivity index (χ0n) is 10.5. The number of hydrogen-bond donors (Lipinski definition) is 0. The van der Waals surface area contributed by atoms with E-state index in [-0.39, 0.29) is 22.7 Å². The van der Waals surface area contributed by atoms with E-state index >= 15 is 0 Å². The highest BCUT2D eigenvalue weighted by Gasteiger charge is 2.20. The van der Waals surface area contributed by atoms with Crippen molar-refractivity contribution in [2.45, 2.75) is 6.42 Å². The number of nitro benzene ring substituents is 1. The molecular formula is C14H8Cl3NO3. The van der Waals surface area contributed by atoms with Gasteiger partial charge in [-0.15, -0.1) is 0 Å². The normalized spacial score (nSPS) is 10.4. The monoisotopic (exact) mass is 343 g/mol. The number of Topliss-reactive ketones (excluding diaryl/α,β-unsaturated/α-hetero) is 1. The van der Waals surface area contributed by atoms with Crippen LogP contribution in [0, 0.1) is 10.1 Å². The molecule has 0 aliphatic rings. The van der Waals surface area contributed by atoms with Crippen LogP contribution < -0.4 is 0 Å². The number of hydrogen-bond acceptors (Lipinski definition) is 3. The van der Waals surface area contributed by atoms with Crippen molar-refractivity contribution in [1.29, 1.82) is 0 Å². The Kier molecular flexibility index (Phi) is 4.83. The van der Waals surface area contributed by atoms with Crippen molar-refractivity contribution >= 4 is 46.3 Å². The highest BCUT2D eigenvalue weighted by atomic mass is 35.5. The minimum Gasteiger partial charge on any atom is -0.294 e. The third-order valence-corrected chi connectivity index (χ3v) is 3.78. The first-order valence-corrected chi connectivity index (χ1v) is 6.93. The Hall–Kier alpha value is -1.62. The molecule has 0 atom stereocenters. The molecule has 0 radical (unpaired) electrons. The van der Waals surface area contributed by atoms with E-state index < -0.39 is 10.7 Å². The molecule has 4 nitrogen and oxygen atoms in total. The standard InChI is InChI=1S/C14H8Cl3NO3/c15-9-2-3-10(13(7-9)18(20)21)14(19)6-8-1-4-11(16)12(17)5-8/h1-5,7H,6H2. The van der Waals surface area contributed by atoms with Crippen molar-refractivity contribution in [1.82, 2.24) is 0 Å². The summed E-state index contributed by atoms with van der Waals surface area (Å²) in [4.78, 5) is 22.6. The molecule has 0 aliphatic heterocycles. The van der Waals surface area contributed by atoms with E-state index in [1.54, 1.807) is 18.2 Å². The summed E-state index contributed by atoms with van der Waals surface area (Å²) in [6.07, 6.45) is -0.0145. The van der Waals surface area contributed by atoms with Gasteiger partial charge in [0.2, 0.25) is 0 Å². The highest BCUT2D eigenvalue weighted by molar-refractivity contribution is 6.42. The molecule has 0 fully saturated rings. The maximum Gasteiger partial charge on any atom is 0.281 e. The average Bonchev–Trinajstić information content (AvgIpc) is 2.42. The Morgan fingerprint density at radius 2 is 1.76 bits per heavy atom. The van der Waals surface area contributed by atoms with Gasteiger partial charge in [0.1, 0.15) is 0 Å². The molecule has 2 aromatic rings. The fraction of sp³-hybridized carbons (Fsp3) is 0.0714. The number of carbonyl (C=O) groups is 1. The van der Waals surface area contributed by atoms with Crippen LogP contribution in [0.1, 0.15) is 15.9 Å². The number of nitrogens with zero attached hydrogens (tertiary/aromatic N) is 1. The molecule has 0 bridgehead atoms. The summed E-state index contributed by atoms with van der Waals surface area (Å²) in [5.74, 6) is -0.392. The van der Waals surface area contributed by atoms with E-state index in [0.29, 0.717) is 15.6 Å². The van der Waals surface area contributed by atoms with Crippen LogP contribution in [0.15, 0.2) is 36.4 Å². The minimum atomic E-state index is -0.631. The van der Waals surface area contributed by atoms with Crippen LogP contribution in [0.25, 0.3) is 0 Å². The van der Waals surface area contributed by atoms with E-state index in [2.05, 4.69) is 0 Å². The molecule has 0 aliphatic carbocycles. The van der Waals surface area contributed by atoms with E-state index in [4.69, 9.17) is 34.8 Å². The molecule has 0 spiro atoms. The average molecular weight is 345 g/mol. The van der Waals surface area contributed by atoms with Crippen molar-refractivity contribution in [3.8, 4) is 0 Å². The van der Waals surface area contributed by atoms with Crippen LogP contribution in [-0.4, -0.2) is 10.7 Å². The van der Waals surface area contributed by atoms with Crippen LogP contribution in [0.3, 0.4) is 0 Å². The molecule has 21 heavy (non-hydrogen) atoms. The van der Waals surface area contributed by atoms with Crippen LogP contribution in [0.5, 0.6) is 0 Å². The molecule has 0 unspecified atom stereocenters. The smallest absolute Gasteiger partial charge is 0.281 e. The van der Waals surface area contributed by atoms with Gasteiger partial charge in [-0.25, -0.2) is 0 Å². The van der Waals surface area contributed by atoms with Crippen LogP contribution in [-0.2, 0) is 6.42 Å². The molecule has 2 rings (SSSR count).